The summed E-state index contributed by atoms with van der Waals surface area (Å²) in [6.07, 6.45) is 11.5. The van der Waals surface area contributed by atoms with Crippen molar-refractivity contribution < 1.29 is 4.92 Å². The van der Waals surface area contributed by atoms with E-state index in [9.17, 15) is 10.1 Å². The summed E-state index contributed by atoms with van der Waals surface area (Å²) in [6, 6.07) is 10.7. The number of aromatic nitrogens is 3. The van der Waals surface area contributed by atoms with Crippen molar-refractivity contribution in [1.29, 1.82) is 0 Å². The number of benzene rings is 1. The summed E-state index contributed by atoms with van der Waals surface area (Å²) >= 11 is 0. The fraction of sp³-hybridized carbons (Fsp3) is 0.167. The van der Waals surface area contributed by atoms with Gasteiger partial charge in [0.2, 0.25) is 0 Å². The molecule has 3 aromatic rings. The molecule has 0 aliphatic carbocycles. The van der Waals surface area contributed by atoms with Gasteiger partial charge in [-0.15, -0.1) is 0 Å². The van der Waals surface area contributed by atoms with Crippen molar-refractivity contribution in [2.75, 3.05) is 0 Å². The summed E-state index contributed by atoms with van der Waals surface area (Å²) in [7, 11) is 0. The van der Waals surface area contributed by atoms with Crippen molar-refractivity contribution in [1.82, 2.24) is 14.1 Å². The minimum Gasteiger partial charge on any atom is -0.345 e. The van der Waals surface area contributed by atoms with Crippen LogP contribution in [0.1, 0.15) is 24.2 Å². The smallest absolute Gasteiger partial charge is 0.269 e. The first-order chi connectivity index (χ1) is 11.7. The van der Waals surface area contributed by atoms with Crippen molar-refractivity contribution in [3.8, 4) is 0 Å². The second-order valence-corrected chi connectivity index (χ2v) is 5.42. The number of rotatable bonds is 6. The van der Waals surface area contributed by atoms with Gasteiger partial charge in [0.05, 0.1) is 17.3 Å². The second kappa shape index (κ2) is 6.95. The molecular formula is C18H18N4O2. The van der Waals surface area contributed by atoms with Crippen molar-refractivity contribution >= 4 is 5.69 Å². The van der Waals surface area contributed by atoms with Crippen LogP contribution in [-0.2, 0) is 6.54 Å². The van der Waals surface area contributed by atoms with Crippen LogP contribution in [0, 0.1) is 10.1 Å². The van der Waals surface area contributed by atoms with Gasteiger partial charge in [-0.05, 0) is 36.8 Å². The zero-order valence-electron chi connectivity index (χ0n) is 13.3. The van der Waals surface area contributed by atoms with Crippen LogP contribution in [-0.4, -0.2) is 19.0 Å². The minimum absolute atomic E-state index is 0.0893. The molecule has 3 rings (SSSR count). The van der Waals surface area contributed by atoms with Crippen LogP contribution in [0.25, 0.3) is 0 Å². The first kappa shape index (κ1) is 15.7. The second-order valence-electron chi connectivity index (χ2n) is 5.42. The summed E-state index contributed by atoms with van der Waals surface area (Å²) in [5.74, 6) is 0. The summed E-state index contributed by atoms with van der Waals surface area (Å²) < 4.78 is 4.16. The highest BCUT2D eigenvalue weighted by Gasteiger charge is 2.20. The molecule has 0 radical (unpaired) electrons. The first-order valence-corrected chi connectivity index (χ1v) is 7.68. The highest BCUT2D eigenvalue weighted by Crippen LogP contribution is 2.28. The number of nitrogens with zero attached hydrogens (tertiary/aromatic N) is 4. The number of imidazole rings is 1. The third-order valence-corrected chi connectivity index (χ3v) is 3.93. The molecule has 0 saturated heterocycles. The Hall–Kier alpha value is -3.15. The molecule has 0 N–H and O–H groups in total. The van der Waals surface area contributed by atoms with Crippen molar-refractivity contribution in [3.63, 3.8) is 0 Å². The summed E-state index contributed by atoms with van der Waals surface area (Å²) in [5.41, 5.74) is 2.16. The van der Waals surface area contributed by atoms with Crippen molar-refractivity contribution in [2.45, 2.75) is 19.5 Å². The Balaban J connectivity index is 2.05. The molecule has 6 heteroatoms. The van der Waals surface area contributed by atoms with E-state index in [-0.39, 0.29) is 16.7 Å². The van der Waals surface area contributed by atoms with Gasteiger partial charge in [-0.25, -0.2) is 4.98 Å². The van der Waals surface area contributed by atoms with Crippen molar-refractivity contribution in [2.24, 2.45) is 0 Å². The van der Waals surface area contributed by atoms with E-state index in [1.54, 1.807) is 36.8 Å². The molecule has 1 unspecified atom stereocenters. The number of non-ortho nitro benzene ring substituents is 1. The molecule has 122 valence electrons. The lowest BCUT2D eigenvalue weighted by atomic mass is 10.0. The normalized spacial score (nSPS) is 12.5. The zero-order chi connectivity index (χ0) is 16.9. The van der Waals surface area contributed by atoms with Gasteiger partial charge in [0.25, 0.3) is 5.69 Å². The Kier molecular flexibility index (Phi) is 4.56. The van der Waals surface area contributed by atoms with Crippen LogP contribution < -0.4 is 0 Å². The van der Waals surface area contributed by atoms with Crippen LogP contribution in [0.4, 0.5) is 5.69 Å². The highest BCUT2D eigenvalue weighted by molar-refractivity contribution is 5.38. The molecule has 2 aromatic heterocycles. The van der Waals surface area contributed by atoms with Crippen LogP contribution >= 0.6 is 0 Å². The van der Waals surface area contributed by atoms with Crippen LogP contribution in [0.5, 0.6) is 0 Å². The third kappa shape index (κ3) is 3.12. The Labute approximate surface area is 139 Å². The van der Waals surface area contributed by atoms with Gasteiger partial charge in [-0.3, -0.25) is 10.1 Å². The molecule has 0 fully saturated rings. The summed E-state index contributed by atoms with van der Waals surface area (Å²) in [5, 5.41) is 10.9. The van der Waals surface area contributed by atoms with E-state index in [1.165, 1.54) is 0 Å². The molecule has 0 amide bonds. The van der Waals surface area contributed by atoms with E-state index in [1.807, 2.05) is 36.0 Å². The average molecular weight is 322 g/mol. The van der Waals surface area contributed by atoms with Gasteiger partial charge < -0.3 is 9.13 Å². The van der Waals surface area contributed by atoms with Gasteiger partial charge in [0.15, 0.2) is 0 Å². The number of nitro groups is 1. The van der Waals surface area contributed by atoms with E-state index in [4.69, 9.17) is 0 Å². The first-order valence-electron chi connectivity index (χ1n) is 7.68. The van der Waals surface area contributed by atoms with Crippen LogP contribution in [0.2, 0.25) is 0 Å². The monoisotopic (exact) mass is 322 g/mol. The predicted molar refractivity (Wildman–Crippen MR) is 91.8 cm³/mol. The molecule has 0 aliphatic heterocycles. The maximum Gasteiger partial charge on any atom is 0.269 e. The van der Waals surface area contributed by atoms with Gasteiger partial charge in [0, 0.05) is 43.0 Å². The highest BCUT2D eigenvalue weighted by atomic mass is 16.6. The largest absolute Gasteiger partial charge is 0.345 e. The molecule has 0 saturated carbocycles. The van der Waals surface area contributed by atoms with E-state index in [2.05, 4.69) is 21.7 Å². The van der Waals surface area contributed by atoms with Gasteiger partial charge in [-0.1, -0.05) is 12.2 Å². The van der Waals surface area contributed by atoms with E-state index in [0.29, 0.717) is 0 Å². The SMILES string of the molecule is C/C=C/Cn1cccc1C(c1ccc([N+](=O)[O-])cc1)n1ccnc1. The Morgan fingerprint density at radius 3 is 2.67 bits per heavy atom. The molecule has 1 atom stereocenters. The van der Waals surface area contributed by atoms with Gasteiger partial charge in [-0.2, -0.15) is 0 Å². The molecular weight excluding hydrogens is 304 g/mol. The Bertz CT molecular complexity index is 832. The lowest BCUT2D eigenvalue weighted by Crippen LogP contribution is -2.15. The standard InChI is InChI=1S/C18H18N4O2/c1-2-3-11-20-12-4-5-17(20)18(21-13-10-19-14-21)15-6-8-16(9-7-15)22(23)24/h2-10,12-14,18H,11H2,1H3/b3-2+. The lowest BCUT2D eigenvalue weighted by molar-refractivity contribution is -0.384. The maximum absolute atomic E-state index is 10.9. The van der Waals surface area contributed by atoms with Gasteiger partial charge in [0.1, 0.15) is 0 Å². The maximum atomic E-state index is 10.9. The number of hydrogen-bond acceptors (Lipinski definition) is 3. The topological polar surface area (TPSA) is 65.9 Å². The van der Waals surface area contributed by atoms with Crippen molar-refractivity contribution in [3.05, 3.63) is 94.8 Å². The zero-order valence-corrected chi connectivity index (χ0v) is 13.3. The predicted octanol–water partition coefficient (Wildman–Crippen LogP) is 3.81. The molecule has 24 heavy (non-hydrogen) atoms. The number of nitro benzene ring substituents is 1. The lowest BCUT2D eigenvalue weighted by Gasteiger charge is -2.21. The van der Waals surface area contributed by atoms with Crippen LogP contribution in [0.3, 0.4) is 0 Å². The van der Waals surface area contributed by atoms with E-state index >= 15 is 0 Å². The molecule has 2 heterocycles. The third-order valence-electron chi connectivity index (χ3n) is 3.93. The van der Waals surface area contributed by atoms with E-state index < -0.39 is 0 Å². The Morgan fingerprint density at radius 1 is 1.25 bits per heavy atom. The molecule has 0 aliphatic rings. The summed E-state index contributed by atoms with van der Waals surface area (Å²) in [6.45, 7) is 2.77. The molecule has 1 aromatic carbocycles. The number of hydrogen-bond donors (Lipinski definition) is 0. The number of allylic oxidation sites excluding steroid dienone is 2. The van der Waals surface area contributed by atoms with Crippen LogP contribution in [0.15, 0.2) is 73.5 Å². The quantitative estimate of drug-likeness (QED) is 0.394. The molecule has 0 spiro atoms. The average Bonchev–Trinajstić information content (AvgIpc) is 3.26. The molecule has 0 bridgehead atoms. The minimum atomic E-state index is -0.384. The fourth-order valence-electron chi connectivity index (χ4n) is 2.76. The molecule has 6 nitrogen and oxygen atoms in total. The summed E-state index contributed by atoms with van der Waals surface area (Å²) in [4.78, 5) is 14.7. The Morgan fingerprint density at radius 2 is 2.04 bits per heavy atom. The fourth-order valence-corrected chi connectivity index (χ4v) is 2.76. The van der Waals surface area contributed by atoms with Gasteiger partial charge >= 0.3 is 0 Å². The van der Waals surface area contributed by atoms with E-state index in [0.717, 1.165) is 17.8 Å².